The van der Waals surface area contributed by atoms with Gasteiger partial charge in [-0.2, -0.15) is 13.2 Å². The van der Waals surface area contributed by atoms with Gasteiger partial charge in [-0.15, -0.1) is 0 Å². The Balaban J connectivity index is 1.98. The van der Waals surface area contributed by atoms with E-state index in [0.717, 1.165) is 38.0 Å². The topological polar surface area (TPSA) is 61.6 Å². The number of alkyl halides is 4. The Morgan fingerprint density at radius 3 is 2.33 bits per heavy atom. The third-order valence-electron chi connectivity index (χ3n) is 8.55. The zero-order valence-corrected chi connectivity index (χ0v) is 29.5. The molecule has 1 saturated heterocycles. The monoisotopic (exact) mass is 680 g/mol. The Bertz CT molecular complexity index is 1510. The minimum atomic E-state index is -4.48. The molecule has 1 atom stereocenters. The fraction of sp³-hybridized carbons (Fsp3) is 0.425. The number of nitrogens with one attached hydrogen (secondary N) is 1. The molecule has 0 spiro atoms. The molecule has 0 radical (unpaired) electrons. The molecule has 0 aromatic heterocycles. The van der Waals surface area contributed by atoms with E-state index >= 15 is 4.39 Å². The van der Waals surface area contributed by atoms with Crippen LogP contribution in [0, 0.1) is 0 Å². The maximum Gasteiger partial charge on any atom is 0.393 e. The van der Waals surface area contributed by atoms with Gasteiger partial charge in [0.25, 0.3) is 0 Å². The van der Waals surface area contributed by atoms with Crippen LogP contribution in [0.1, 0.15) is 82.2 Å². The zero-order valence-electron chi connectivity index (χ0n) is 29.5. The summed E-state index contributed by atoms with van der Waals surface area (Å²) < 4.78 is 58.0. The van der Waals surface area contributed by atoms with Crippen LogP contribution < -0.4 is 11.1 Å². The van der Waals surface area contributed by atoms with Gasteiger partial charge in [0.1, 0.15) is 6.17 Å². The Labute approximate surface area is 289 Å². The van der Waals surface area contributed by atoms with Crippen LogP contribution >= 0.6 is 0 Å². The van der Waals surface area contributed by atoms with Gasteiger partial charge in [-0.1, -0.05) is 81.0 Å². The van der Waals surface area contributed by atoms with E-state index < -0.39 is 18.8 Å². The van der Waals surface area contributed by atoms with Gasteiger partial charge in [0.05, 0.1) is 6.42 Å². The molecule has 3 N–H and O–H groups in total. The number of hydrogen-bond acceptors (Lipinski definition) is 4. The molecule has 0 saturated carbocycles. The van der Waals surface area contributed by atoms with Crippen molar-refractivity contribution in [2.75, 3.05) is 39.5 Å². The lowest BCUT2D eigenvalue weighted by molar-refractivity contribution is -0.124. The van der Waals surface area contributed by atoms with Crippen LogP contribution in [0.15, 0.2) is 96.3 Å². The van der Waals surface area contributed by atoms with Crippen molar-refractivity contribution in [3.8, 4) is 0 Å². The predicted molar refractivity (Wildman–Crippen MR) is 195 cm³/mol. The van der Waals surface area contributed by atoms with Gasteiger partial charge in [0.2, 0.25) is 5.91 Å². The number of amides is 1. The maximum atomic E-state index is 15.3. The van der Waals surface area contributed by atoms with Crippen molar-refractivity contribution in [3.63, 3.8) is 0 Å². The number of nitrogens with zero attached hydrogens (tertiary/aromatic N) is 2. The van der Waals surface area contributed by atoms with Crippen LogP contribution in [-0.4, -0.2) is 61.7 Å². The van der Waals surface area contributed by atoms with E-state index in [1.54, 1.807) is 86.6 Å². The first kappa shape index (κ1) is 39.3. The Hall–Kier alpha value is -4.11. The summed E-state index contributed by atoms with van der Waals surface area (Å²) in [6.45, 7) is 8.18. The number of rotatable bonds is 15. The van der Waals surface area contributed by atoms with Crippen LogP contribution in [0.3, 0.4) is 0 Å². The van der Waals surface area contributed by atoms with Crippen LogP contribution in [0.5, 0.6) is 0 Å². The highest BCUT2D eigenvalue weighted by atomic mass is 19.4. The van der Waals surface area contributed by atoms with Crippen molar-refractivity contribution in [3.05, 3.63) is 113 Å². The highest BCUT2D eigenvalue weighted by Gasteiger charge is 2.32. The molecule has 3 rings (SSSR count). The second-order valence-corrected chi connectivity index (χ2v) is 12.6. The third kappa shape index (κ3) is 12.4. The van der Waals surface area contributed by atoms with E-state index in [1.165, 1.54) is 0 Å². The number of likely N-dealkylation sites (N-methyl/N-ethyl adjacent to an activating group) is 1. The number of benzene rings is 2. The molecule has 49 heavy (non-hydrogen) atoms. The van der Waals surface area contributed by atoms with Crippen LogP contribution in [0.25, 0.3) is 11.1 Å². The van der Waals surface area contributed by atoms with E-state index in [4.69, 9.17) is 5.73 Å². The van der Waals surface area contributed by atoms with Gasteiger partial charge in [-0.25, -0.2) is 4.39 Å². The predicted octanol–water partition coefficient (Wildman–Crippen LogP) is 9.44. The molecule has 2 aromatic carbocycles. The van der Waals surface area contributed by atoms with Crippen molar-refractivity contribution in [1.29, 1.82) is 0 Å². The van der Waals surface area contributed by atoms with E-state index in [9.17, 15) is 18.0 Å². The lowest BCUT2D eigenvalue weighted by atomic mass is 9.85. The Morgan fingerprint density at radius 2 is 1.73 bits per heavy atom. The SMILES string of the molecule is C/C=C(\C=C/C(=C/CC)NC1CCN(C/C=C/C(=O)N(C)C)CC1)C(=C(/CC(F)(F)F)c1ccccc1)/c1ccc(N)c(C(F)CCC)c1. The van der Waals surface area contributed by atoms with Gasteiger partial charge in [-0.05, 0) is 78.7 Å². The largest absolute Gasteiger partial charge is 0.398 e. The van der Waals surface area contributed by atoms with E-state index in [1.807, 2.05) is 32.1 Å². The highest BCUT2D eigenvalue weighted by Crippen LogP contribution is 2.41. The lowest BCUT2D eigenvalue weighted by Crippen LogP contribution is -2.42. The summed E-state index contributed by atoms with van der Waals surface area (Å²) in [4.78, 5) is 15.7. The standard InChI is InChI=1S/C40H52F4N4O/c1-6-13-32(46-33-22-25-48(26-23-33)24-12-17-38(49)47(4)5)20-18-29(8-3)39(31-19-21-37(45)34(27-31)36(41)14-7-2)35(28-40(42,43)44)30-15-10-9-11-16-30/h8-13,15-21,27,33,36,46H,6-7,14,22-26,28,45H2,1-5H3/b17-12+,20-18-,29-8+,32-13-,39-35+. The minimum Gasteiger partial charge on any atom is -0.398 e. The maximum absolute atomic E-state index is 15.3. The summed E-state index contributed by atoms with van der Waals surface area (Å²) in [6, 6.07) is 13.7. The molecule has 1 aliphatic rings. The second-order valence-electron chi connectivity index (χ2n) is 12.6. The average Bonchev–Trinajstić information content (AvgIpc) is 3.07. The Morgan fingerprint density at radius 1 is 1.04 bits per heavy atom. The number of nitrogen functional groups attached to an aromatic ring is 1. The van der Waals surface area contributed by atoms with Crippen molar-refractivity contribution < 1.29 is 22.4 Å². The molecule has 1 unspecified atom stereocenters. The second kappa shape index (κ2) is 19.2. The summed E-state index contributed by atoms with van der Waals surface area (Å²) >= 11 is 0. The van der Waals surface area contributed by atoms with Gasteiger partial charge >= 0.3 is 6.18 Å². The van der Waals surface area contributed by atoms with Gasteiger partial charge in [-0.3, -0.25) is 9.69 Å². The third-order valence-corrected chi connectivity index (χ3v) is 8.55. The highest BCUT2D eigenvalue weighted by molar-refractivity contribution is 6.00. The number of nitrogens with two attached hydrogens (primary N) is 1. The molecule has 1 heterocycles. The smallest absolute Gasteiger partial charge is 0.393 e. The normalized spacial score (nSPS) is 16.7. The Kier molecular flexibility index (Phi) is 15.4. The average molecular weight is 681 g/mol. The van der Waals surface area contributed by atoms with Crippen molar-refractivity contribution >= 4 is 22.7 Å². The number of hydrogen-bond donors (Lipinski definition) is 2. The van der Waals surface area contributed by atoms with Crippen molar-refractivity contribution in [2.45, 2.75) is 77.7 Å². The molecule has 1 fully saturated rings. The molecular formula is C40H52F4N4O. The number of likely N-dealkylation sites (tertiary alicyclic amines) is 1. The first-order chi connectivity index (χ1) is 23.4. The molecule has 2 aromatic rings. The molecule has 0 aliphatic carbocycles. The fourth-order valence-electron chi connectivity index (χ4n) is 5.95. The summed E-state index contributed by atoms with van der Waals surface area (Å²) in [7, 11) is 3.45. The molecule has 1 aliphatic heterocycles. The molecular weight excluding hydrogens is 628 g/mol. The number of piperidine rings is 1. The molecule has 5 nitrogen and oxygen atoms in total. The minimum absolute atomic E-state index is 0.0367. The van der Waals surface area contributed by atoms with Crippen molar-refractivity contribution in [2.24, 2.45) is 0 Å². The van der Waals surface area contributed by atoms with Gasteiger partial charge < -0.3 is 16.0 Å². The number of carbonyl (C=O) groups is 1. The lowest BCUT2D eigenvalue weighted by Gasteiger charge is -2.32. The number of carbonyl (C=O) groups excluding carboxylic acids is 1. The molecule has 0 bridgehead atoms. The molecule has 1 amide bonds. The van der Waals surface area contributed by atoms with Crippen LogP contribution in [0.4, 0.5) is 23.2 Å². The molecule has 266 valence electrons. The first-order valence-corrected chi connectivity index (χ1v) is 17.2. The molecule has 9 heteroatoms. The quantitative estimate of drug-likeness (QED) is 0.0647. The van der Waals surface area contributed by atoms with Gasteiger partial charge in [0, 0.05) is 62.8 Å². The summed E-state index contributed by atoms with van der Waals surface area (Å²) in [5.41, 5.74) is 9.65. The van der Waals surface area contributed by atoms with Crippen LogP contribution in [0.2, 0.25) is 0 Å². The fourth-order valence-corrected chi connectivity index (χ4v) is 5.95. The first-order valence-electron chi connectivity index (χ1n) is 17.2. The summed E-state index contributed by atoms with van der Waals surface area (Å²) in [6.07, 6.45) is 7.63. The van der Waals surface area contributed by atoms with Crippen LogP contribution in [-0.2, 0) is 4.79 Å². The van der Waals surface area contributed by atoms with E-state index in [0.29, 0.717) is 35.2 Å². The number of halogens is 4. The zero-order chi connectivity index (χ0) is 36.0. The summed E-state index contributed by atoms with van der Waals surface area (Å²) in [5, 5.41) is 3.65. The number of allylic oxidation sites excluding steroid dienone is 7. The summed E-state index contributed by atoms with van der Waals surface area (Å²) in [5.74, 6) is -0.0367. The van der Waals surface area contributed by atoms with E-state index in [2.05, 4.69) is 16.3 Å². The number of anilines is 1. The van der Waals surface area contributed by atoms with Crippen molar-refractivity contribution in [1.82, 2.24) is 15.1 Å². The van der Waals surface area contributed by atoms with E-state index in [-0.39, 0.29) is 35.2 Å². The van der Waals surface area contributed by atoms with Gasteiger partial charge in [0.15, 0.2) is 0 Å².